The molecule has 1 fully saturated rings. The van der Waals surface area contributed by atoms with Gasteiger partial charge in [0.1, 0.15) is 6.04 Å². The minimum Gasteiger partial charge on any atom is -0.352 e. The number of nitrogens with one attached hydrogen (secondary N) is 1. The minimum absolute atomic E-state index is 0.132. The fourth-order valence-corrected chi connectivity index (χ4v) is 4.62. The first kappa shape index (κ1) is 23.6. The lowest BCUT2D eigenvalue weighted by atomic mass is 9.95. The monoisotopic (exact) mass is 460 g/mol. The Morgan fingerprint density at radius 1 is 1.06 bits per heavy atom. The topological polar surface area (TPSA) is 49.4 Å². The number of nitrogens with zero attached hydrogens (tertiary/aromatic N) is 1. The summed E-state index contributed by atoms with van der Waals surface area (Å²) in [6, 6.07) is 12.7. The Bertz CT molecular complexity index is 905. The molecule has 0 unspecified atom stereocenters. The van der Waals surface area contributed by atoms with Crippen LogP contribution in [0.3, 0.4) is 0 Å². The molecule has 31 heavy (non-hydrogen) atoms. The summed E-state index contributed by atoms with van der Waals surface area (Å²) < 4.78 is 0. The Morgan fingerprint density at radius 2 is 1.71 bits per heavy atom. The van der Waals surface area contributed by atoms with Crippen molar-refractivity contribution in [2.45, 2.75) is 71.0 Å². The fraction of sp³-hybridized carbons (Fsp3) is 0.440. The third-order valence-electron chi connectivity index (χ3n) is 5.95. The smallest absolute Gasteiger partial charge is 0.242 e. The predicted octanol–water partition coefficient (Wildman–Crippen LogP) is 5.71. The molecule has 2 aromatic carbocycles. The number of rotatable bonds is 7. The van der Waals surface area contributed by atoms with Gasteiger partial charge in [-0.3, -0.25) is 9.59 Å². The van der Waals surface area contributed by atoms with Gasteiger partial charge in [0.05, 0.1) is 6.42 Å². The molecule has 0 aromatic heterocycles. The number of carbonyl (C=O) groups is 2. The summed E-state index contributed by atoms with van der Waals surface area (Å²) in [5.41, 5.74) is 2.66. The van der Waals surface area contributed by atoms with Gasteiger partial charge in [-0.15, -0.1) is 0 Å². The zero-order valence-electron chi connectivity index (χ0n) is 18.2. The number of carbonyl (C=O) groups excluding carboxylic acids is 2. The van der Waals surface area contributed by atoms with E-state index in [2.05, 4.69) is 5.32 Å². The quantitative estimate of drug-likeness (QED) is 0.574. The second-order valence-electron chi connectivity index (χ2n) is 8.41. The van der Waals surface area contributed by atoms with E-state index >= 15 is 0 Å². The van der Waals surface area contributed by atoms with Crippen LogP contribution in [0.25, 0.3) is 0 Å². The molecular formula is C25H30Cl2N2O2. The van der Waals surface area contributed by atoms with Gasteiger partial charge >= 0.3 is 0 Å². The van der Waals surface area contributed by atoms with Crippen molar-refractivity contribution in [3.05, 3.63) is 69.2 Å². The number of hydrogen-bond acceptors (Lipinski definition) is 2. The molecule has 1 atom stereocenters. The number of amides is 2. The van der Waals surface area contributed by atoms with Gasteiger partial charge in [0.15, 0.2) is 0 Å². The summed E-state index contributed by atoms with van der Waals surface area (Å²) in [5.74, 6) is -0.263. The first-order valence-corrected chi connectivity index (χ1v) is 11.7. The summed E-state index contributed by atoms with van der Waals surface area (Å²) in [6.45, 7) is 3.95. The standard InChI is InChI=1S/C25H30Cl2N2O2/c1-17-8-6-9-19(14-17)15-24(30)29(16-21-22(26)12-7-13-23(21)27)18(2)25(31)28-20-10-4-3-5-11-20/h6-9,12-14,18,20H,3-5,10-11,15-16H2,1-2H3,(H,28,31)/t18-/m0/s1. The first-order valence-electron chi connectivity index (χ1n) is 10.9. The third-order valence-corrected chi connectivity index (χ3v) is 6.66. The van der Waals surface area contributed by atoms with Crippen LogP contribution in [0, 0.1) is 6.92 Å². The van der Waals surface area contributed by atoms with E-state index in [1.165, 1.54) is 6.42 Å². The van der Waals surface area contributed by atoms with Gasteiger partial charge in [-0.25, -0.2) is 0 Å². The molecule has 6 heteroatoms. The Kier molecular flexibility index (Phi) is 8.39. The largest absolute Gasteiger partial charge is 0.352 e. The zero-order valence-corrected chi connectivity index (χ0v) is 19.7. The van der Waals surface area contributed by atoms with Gasteiger partial charge in [-0.2, -0.15) is 0 Å². The van der Waals surface area contributed by atoms with E-state index in [4.69, 9.17) is 23.2 Å². The van der Waals surface area contributed by atoms with Crippen LogP contribution in [0.15, 0.2) is 42.5 Å². The molecule has 3 rings (SSSR count). The van der Waals surface area contributed by atoms with Crippen molar-refractivity contribution in [3.63, 3.8) is 0 Å². The van der Waals surface area contributed by atoms with Gasteiger partial charge in [0.2, 0.25) is 11.8 Å². The minimum atomic E-state index is -0.633. The Morgan fingerprint density at radius 3 is 2.35 bits per heavy atom. The second-order valence-corrected chi connectivity index (χ2v) is 9.22. The van der Waals surface area contributed by atoms with Crippen LogP contribution in [0.1, 0.15) is 55.7 Å². The van der Waals surface area contributed by atoms with Crippen molar-refractivity contribution in [1.29, 1.82) is 0 Å². The van der Waals surface area contributed by atoms with E-state index in [0.29, 0.717) is 15.6 Å². The highest BCUT2D eigenvalue weighted by Gasteiger charge is 2.29. The fourth-order valence-electron chi connectivity index (χ4n) is 4.10. The highest BCUT2D eigenvalue weighted by molar-refractivity contribution is 6.36. The lowest BCUT2D eigenvalue weighted by Crippen LogP contribution is -2.50. The normalized spacial score (nSPS) is 15.4. The average molecular weight is 461 g/mol. The van der Waals surface area contributed by atoms with Gasteiger partial charge in [-0.05, 0) is 44.4 Å². The van der Waals surface area contributed by atoms with Gasteiger partial charge in [0, 0.05) is 28.2 Å². The number of benzene rings is 2. The Balaban J connectivity index is 1.81. The number of aryl methyl sites for hydroxylation is 1. The van der Waals surface area contributed by atoms with E-state index in [0.717, 1.165) is 36.8 Å². The molecule has 2 amide bonds. The summed E-state index contributed by atoms with van der Waals surface area (Å²) in [6.07, 6.45) is 5.67. The van der Waals surface area contributed by atoms with Crippen LogP contribution in [0.2, 0.25) is 10.0 Å². The third kappa shape index (κ3) is 6.47. The zero-order chi connectivity index (χ0) is 22.4. The van der Waals surface area contributed by atoms with Gasteiger partial charge in [0.25, 0.3) is 0 Å². The molecule has 0 aliphatic heterocycles. The number of hydrogen-bond donors (Lipinski definition) is 1. The van der Waals surface area contributed by atoms with E-state index in [9.17, 15) is 9.59 Å². The lowest BCUT2D eigenvalue weighted by Gasteiger charge is -2.31. The van der Waals surface area contributed by atoms with Crippen molar-refractivity contribution < 1.29 is 9.59 Å². The van der Waals surface area contributed by atoms with Crippen molar-refractivity contribution in [2.24, 2.45) is 0 Å². The summed E-state index contributed by atoms with van der Waals surface area (Å²) in [5, 5.41) is 4.12. The van der Waals surface area contributed by atoms with Crippen molar-refractivity contribution >= 4 is 35.0 Å². The molecular weight excluding hydrogens is 431 g/mol. The van der Waals surface area contributed by atoms with Crippen LogP contribution in [-0.2, 0) is 22.6 Å². The maximum Gasteiger partial charge on any atom is 0.242 e. The lowest BCUT2D eigenvalue weighted by molar-refractivity contribution is -0.140. The highest BCUT2D eigenvalue weighted by Crippen LogP contribution is 2.27. The van der Waals surface area contributed by atoms with Crippen LogP contribution in [-0.4, -0.2) is 28.8 Å². The Hall–Kier alpha value is -2.04. The molecule has 0 saturated heterocycles. The second kappa shape index (κ2) is 11.0. The summed E-state index contributed by atoms with van der Waals surface area (Å²) >= 11 is 12.8. The highest BCUT2D eigenvalue weighted by atomic mass is 35.5. The molecule has 1 saturated carbocycles. The van der Waals surface area contributed by atoms with Crippen molar-refractivity contribution in [1.82, 2.24) is 10.2 Å². The molecule has 0 spiro atoms. The maximum absolute atomic E-state index is 13.3. The average Bonchev–Trinajstić information content (AvgIpc) is 2.74. The van der Waals surface area contributed by atoms with Crippen LogP contribution >= 0.6 is 23.2 Å². The van der Waals surface area contributed by atoms with E-state index in [1.54, 1.807) is 30.0 Å². The molecule has 1 aliphatic carbocycles. The van der Waals surface area contributed by atoms with E-state index in [1.807, 2.05) is 31.2 Å². The number of halogens is 2. The van der Waals surface area contributed by atoms with Crippen molar-refractivity contribution in [2.75, 3.05) is 0 Å². The molecule has 0 bridgehead atoms. The van der Waals surface area contributed by atoms with Gasteiger partial charge in [-0.1, -0.05) is 78.4 Å². The van der Waals surface area contributed by atoms with Crippen LogP contribution in [0.4, 0.5) is 0 Å². The summed E-state index contributed by atoms with van der Waals surface area (Å²) in [4.78, 5) is 28.0. The molecule has 0 heterocycles. The van der Waals surface area contributed by atoms with E-state index < -0.39 is 6.04 Å². The molecule has 0 radical (unpaired) electrons. The molecule has 1 N–H and O–H groups in total. The van der Waals surface area contributed by atoms with Crippen molar-refractivity contribution in [3.8, 4) is 0 Å². The summed E-state index contributed by atoms with van der Waals surface area (Å²) in [7, 11) is 0. The molecule has 166 valence electrons. The SMILES string of the molecule is Cc1cccc(CC(=O)N(Cc2c(Cl)cccc2Cl)[C@@H](C)C(=O)NC2CCCCC2)c1. The maximum atomic E-state index is 13.3. The molecule has 2 aromatic rings. The van der Waals surface area contributed by atoms with Crippen LogP contribution in [0.5, 0.6) is 0 Å². The van der Waals surface area contributed by atoms with Gasteiger partial charge < -0.3 is 10.2 Å². The van der Waals surface area contributed by atoms with Crippen LogP contribution < -0.4 is 5.32 Å². The molecule has 4 nitrogen and oxygen atoms in total. The first-order chi connectivity index (χ1) is 14.8. The van der Waals surface area contributed by atoms with E-state index in [-0.39, 0.29) is 30.8 Å². The Labute approximate surface area is 194 Å². The predicted molar refractivity (Wildman–Crippen MR) is 126 cm³/mol. The molecule has 1 aliphatic rings.